The van der Waals surface area contributed by atoms with E-state index in [0.717, 1.165) is 11.1 Å². The van der Waals surface area contributed by atoms with Gasteiger partial charge in [0.2, 0.25) is 0 Å². The molecule has 35 heavy (non-hydrogen) atoms. The number of ether oxygens (including phenoxy) is 3. The number of nitrogens with zero attached hydrogens (tertiary/aromatic N) is 6. The van der Waals surface area contributed by atoms with Crippen molar-refractivity contribution in [3.05, 3.63) is 67.4 Å². The number of halogens is 3. The van der Waals surface area contributed by atoms with Crippen LogP contribution in [0, 0.1) is 0 Å². The molecule has 5 aromatic rings. The lowest BCUT2D eigenvalue weighted by Crippen LogP contribution is -2.17. The van der Waals surface area contributed by atoms with E-state index in [9.17, 15) is 13.2 Å². The summed E-state index contributed by atoms with van der Waals surface area (Å²) < 4.78 is 56.4. The molecule has 0 fully saturated rings. The van der Waals surface area contributed by atoms with E-state index in [1.54, 1.807) is 30.9 Å². The molecule has 12 heteroatoms. The van der Waals surface area contributed by atoms with Crippen LogP contribution in [0.3, 0.4) is 0 Å². The zero-order valence-corrected chi connectivity index (χ0v) is 18.4. The molecule has 0 amide bonds. The minimum absolute atomic E-state index is 0.303. The quantitative estimate of drug-likeness (QED) is 0.351. The molecule has 0 aliphatic rings. The van der Waals surface area contributed by atoms with Gasteiger partial charge in [-0.25, -0.2) is 9.67 Å². The molecule has 0 unspecified atom stereocenters. The van der Waals surface area contributed by atoms with Crippen molar-refractivity contribution >= 4 is 5.65 Å². The Hall–Kier alpha value is -4.61. The first-order valence-electron chi connectivity index (χ1n) is 10.2. The van der Waals surface area contributed by atoms with Crippen LogP contribution in [0.5, 0.6) is 17.2 Å². The summed E-state index contributed by atoms with van der Waals surface area (Å²) in [6, 6.07) is 13.0. The molecule has 178 valence electrons. The molecule has 0 atom stereocenters. The molecular weight excluding hydrogens is 465 g/mol. The number of rotatable bonds is 6. The topological polar surface area (TPSA) is 88.6 Å². The first kappa shape index (κ1) is 22.2. The van der Waals surface area contributed by atoms with Gasteiger partial charge in [0.25, 0.3) is 0 Å². The van der Waals surface area contributed by atoms with E-state index in [2.05, 4.69) is 25.0 Å². The average Bonchev–Trinajstić information content (AvgIpc) is 3.52. The van der Waals surface area contributed by atoms with Crippen LogP contribution in [0.1, 0.15) is 0 Å². The lowest BCUT2D eigenvalue weighted by Gasteiger charge is -2.13. The molecule has 0 saturated carbocycles. The fraction of sp³-hybridized carbons (Fsp3) is 0.130. The maximum atomic E-state index is 12.9. The minimum atomic E-state index is -4.84. The second kappa shape index (κ2) is 8.63. The second-order valence-corrected chi connectivity index (χ2v) is 7.30. The molecule has 0 saturated heterocycles. The Balaban J connectivity index is 1.61. The van der Waals surface area contributed by atoms with Gasteiger partial charge in [0.15, 0.2) is 23.0 Å². The summed E-state index contributed by atoms with van der Waals surface area (Å²) in [6.45, 7) is 0. The highest BCUT2D eigenvalue weighted by molar-refractivity contribution is 5.74. The molecule has 2 aromatic carbocycles. The smallest absolute Gasteiger partial charge is 0.493 e. The zero-order chi connectivity index (χ0) is 24.6. The number of pyridine rings is 1. The standard InChI is InChI=1S/C23H17F3N6O3/c1-33-19-6-3-14(9-20(19)34-2)15-7-8-31-21(10-15)29-30-22(31)17-11-16(35-23(24,25)26)4-5-18(17)32-13-27-12-28-32/h3-13H,1-2H3. The Morgan fingerprint density at radius 1 is 0.857 bits per heavy atom. The van der Waals surface area contributed by atoms with Gasteiger partial charge < -0.3 is 14.2 Å². The van der Waals surface area contributed by atoms with Crippen LogP contribution < -0.4 is 14.2 Å². The van der Waals surface area contributed by atoms with Crippen LogP contribution in [-0.2, 0) is 0 Å². The second-order valence-electron chi connectivity index (χ2n) is 7.30. The van der Waals surface area contributed by atoms with Crippen LogP contribution in [0.2, 0.25) is 0 Å². The Kier molecular flexibility index (Phi) is 5.47. The molecule has 3 aromatic heterocycles. The van der Waals surface area contributed by atoms with Gasteiger partial charge in [-0.15, -0.1) is 23.4 Å². The molecule has 5 rings (SSSR count). The first-order valence-corrected chi connectivity index (χ1v) is 10.2. The molecule has 0 radical (unpaired) electrons. The van der Waals surface area contributed by atoms with Gasteiger partial charge in [0, 0.05) is 11.8 Å². The van der Waals surface area contributed by atoms with Crippen molar-refractivity contribution in [1.29, 1.82) is 0 Å². The van der Waals surface area contributed by atoms with Crippen molar-refractivity contribution < 1.29 is 27.4 Å². The van der Waals surface area contributed by atoms with Gasteiger partial charge in [-0.1, -0.05) is 6.07 Å². The highest BCUT2D eigenvalue weighted by Gasteiger charge is 2.31. The number of benzene rings is 2. The van der Waals surface area contributed by atoms with Crippen molar-refractivity contribution in [3.63, 3.8) is 0 Å². The lowest BCUT2D eigenvalue weighted by atomic mass is 10.1. The van der Waals surface area contributed by atoms with Crippen LogP contribution in [0.15, 0.2) is 67.4 Å². The summed E-state index contributed by atoms with van der Waals surface area (Å²) >= 11 is 0. The zero-order valence-electron chi connectivity index (χ0n) is 18.4. The molecule has 9 nitrogen and oxygen atoms in total. The Bertz CT molecular complexity index is 1500. The number of alkyl halides is 3. The van der Waals surface area contributed by atoms with Crippen LogP contribution in [-0.4, -0.2) is 49.9 Å². The van der Waals surface area contributed by atoms with Crippen LogP contribution in [0.25, 0.3) is 33.8 Å². The summed E-state index contributed by atoms with van der Waals surface area (Å²) in [5.41, 5.74) is 2.96. The summed E-state index contributed by atoms with van der Waals surface area (Å²) in [7, 11) is 3.11. The molecule has 0 bridgehead atoms. The third-order valence-corrected chi connectivity index (χ3v) is 5.23. The maximum absolute atomic E-state index is 12.9. The lowest BCUT2D eigenvalue weighted by molar-refractivity contribution is -0.274. The number of fused-ring (bicyclic) bond motifs is 1. The Morgan fingerprint density at radius 3 is 2.37 bits per heavy atom. The third-order valence-electron chi connectivity index (χ3n) is 5.23. The fourth-order valence-corrected chi connectivity index (χ4v) is 3.69. The number of methoxy groups -OCH3 is 2. The van der Waals surface area contributed by atoms with Gasteiger partial charge in [0.05, 0.1) is 19.9 Å². The van der Waals surface area contributed by atoms with Gasteiger partial charge in [-0.05, 0) is 53.6 Å². The number of aromatic nitrogens is 6. The highest BCUT2D eigenvalue weighted by Crippen LogP contribution is 2.35. The first-order chi connectivity index (χ1) is 16.9. The number of hydrogen-bond acceptors (Lipinski definition) is 7. The summed E-state index contributed by atoms with van der Waals surface area (Å²) in [6.07, 6.45) is -0.352. The molecule has 0 aliphatic heterocycles. The van der Waals surface area contributed by atoms with Crippen molar-refractivity contribution in [2.75, 3.05) is 14.2 Å². The van der Waals surface area contributed by atoms with Crippen LogP contribution in [0.4, 0.5) is 13.2 Å². The van der Waals surface area contributed by atoms with E-state index in [1.165, 1.54) is 35.5 Å². The van der Waals surface area contributed by atoms with Crippen molar-refractivity contribution in [2.45, 2.75) is 6.36 Å². The van der Waals surface area contributed by atoms with Gasteiger partial charge in [-0.2, -0.15) is 5.10 Å². The van der Waals surface area contributed by atoms with E-state index in [-0.39, 0.29) is 0 Å². The average molecular weight is 482 g/mol. The third kappa shape index (κ3) is 4.33. The molecule has 3 heterocycles. The minimum Gasteiger partial charge on any atom is -0.493 e. The van der Waals surface area contributed by atoms with Gasteiger partial charge in [0.1, 0.15) is 18.4 Å². The Labute approximate surface area is 196 Å². The normalized spacial score (nSPS) is 11.6. The molecule has 0 aliphatic carbocycles. The monoisotopic (exact) mass is 482 g/mol. The molecular formula is C23H17F3N6O3. The van der Waals surface area contributed by atoms with E-state index in [0.29, 0.717) is 34.2 Å². The van der Waals surface area contributed by atoms with Crippen molar-refractivity contribution in [3.8, 4) is 45.5 Å². The van der Waals surface area contributed by atoms with E-state index >= 15 is 0 Å². The van der Waals surface area contributed by atoms with E-state index < -0.39 is 12.1 Å². The predicted molar refractivity (Wildman–Crippen MR) is 119 cm³/mol. The highest BCUT2D eigenvalue weighted by atomic mass is 19.4. The van der Waals surface area contributed by atoms with Gasteiger partial charge in [-0.3, -0.25) is 4.40 Å². The summed E-state index contributed by atoms with van der Waals surface area (Å²) in [5, 5.41) is 12.6. The predicted octanol–water partition coefficient (Wildman–Crippen LogP) is 4.56. The molecule has 0 N–H and O–H groups in total. The van der Waals surface area contributed by atoms with E-state index in [4.69, 9.17) is 9.47 Å². The van der Waals surface area contributed by atoms with Crippen LogP contribution >= 0.6 is 0 Å². The SMILES string of the molecule is COc1ccc(-c2ccn3c(-c4cc(OC(F)(F)F)ccc4-n4cncn4)nnc3c2)cc1OC. The largest absolute Gasteiger partial charge is 0.573 e. The summed E-state index contributed by atoms with van der Waals surface area (Å²) in [4.78, 5) is 3.92. The van der Waals surface area contributed by atoms with Gasteiger partial charge >= 0.3 is 6.36 Å². The maximum Gasteiger partial charge on any atom is 0.573 e. The fourth-order valence-electron chi connectivity index (χ4n) is 3.69. The number of hydrogen-bond donors (Lipinski definition) is 0. The summed E-state index contributed by atoms with van der Waals surface area (Å²) in [5.74, 6) is 1.08. The molecule has 0 spiro atoms. The van der Waals surface area contributed by atoms with E-state index in [1.807, 2.05) is 24.3 Å². The Morgan fingerprint density at radius 2 is 1.66 bits per heavy atom. The van der Waals surface area contributed by atoms with Crippen molar-refractivity contribution in [1.82, 2.24) is 29.4 Å². The van der Waals surface area contributed by atoms with Crippen molar-refractivity contribution in [2.24, 2.45) is 0 Å².